The Bertz CT molecular complexity index is 78.5. The Morgan fingerprint density at radius 2 is 1.64 bits per heavy atom. The van der Waals surface area contributed by atoms with Crippen LogP contribution in [0, 0.1) is 0 Å². The van der Waals surface area contributed by atoms with Crippen molar-refractivity contribution in [3.05, 3.63) is 0 Å². The highest BCUT2D eigenvalue weighted by atomic mass is 35.5. The maximum Gasteiger partial charge on any atom is 0.0595 e. The van der Waals surface area contributed by atoms with Gasteiger partial charge in [-0.3, -0.25) is 0 Å². The lowest BCUT2D eigenvalue weighted by atomic mass is 10.1. The van der Waals surface area contributed by atoms with E-state index in [0.29, 0.717) is 0 Å². The molecule has 0 aliphatic carbocycles. The highest BCUT2D eigenvalue weighted by Crippen LogP contribution is 2.09. The summed E-state index contributed by atoms with van der Waals surface area (Å²) in [6.07, 6.45) is 4.97. The van der Waals surface area contributed by atoms with Crippen molar-refractivity contribution in [3.8, 4) is 0 Å². The summed E-state index contributed by atoms with van der Waals surface area (Å²) in [5, 5.41) is 16.9. The molecule has 0 aliphatic heterocycles. The SMILES string of the molecule is OCCCCCCC(Cl)CO. The number of halogens is 1. The van der Waals surface area contributed by atoms with Gasteiger partial charge in [-0.25, -0.2) is 0 Å². The summed E-state index contributed by atoms with van der Waals surface area (Å²) in [4.78, 5) is 0. The third-order valence-electron chi connectivity index (χ3n) is 1.62. The van der Waals surface area contributed by atoms with E-state index in [1.54, 1.807) is 0 Å². The quantitative estimate of drug-likeness (QED) is 0.461. The predicted molar refractivity (Wildman–Crippen MR) is 46.9 cm³/mol. The minimum absolute atomic E-state index is 0.0710. The number of unbranched alkanes of at least 4 members (excludes halogenated alkanes) is 3. The minimum atomic E-state index is -0.0795. The summed E-state index contributed by atoms with van der Waals surface area (Å²) < 4.78 is 0. The van der Waals surface area contributed by atoms with Gasteiger partial charge in [0.25, 0.3) is 0 Å². The number of rotatable bonds is 7. The lowest BCUT2D eigenvalue weighted by Crippen LogP contribution is -2.03. The third-order valence-corrected chi connectivity index (χ3v) is 1.98. The molecule has 3 heteroatoms. The van der Waals surface area contributed by atoms with E-state index in [1.807, 2.05) is 0 Å². The molecule has 2 nitrogen and oxygen atoms in total. The molecule has 0 spiro atoms. The summed E-state index contributed by atoms with van der Waals surface area (Å²) in [6.45, 7) is 0.353. The highest BCUT2D eigenvalue weighted by molar-refractivity contribution is 6.20. The number of hydrogen-bond acceptors (Lipinski definition) is 2. The Balaban J connectivity index is 2.89. The Hall–Kier alpha value is 0.210. The van der Waals surface area contributed by atoms with Crippen LogP contribution in [0.4, 0.5) is 0 Å². The first kappa shape index (κ1) is 11.2. The zero-order chi connectivity index (χ0) is 8.53. The normalized spacial score (nSPS) is 13.4. The van der Waals surface area contributed by atoms with Gasteiger partial charge in [-0.2, -0.15) is 0 Å². The number of aliphatic hydroxyl groups excluding tert-OH is 2. The molecule has 0 saturated carbocycles. The molecule has 0 bridgehead atoms. The second-order valence-corrected chi connectivity index (χ2v) is 3.32. The van der Waals surface area contributed by atoms with Crippen molar-refractivity contribution in [1.82, 2.24) is 0 Å². The van der Waals surface area contributed by atoms with Gasteiger partial charge in [0, 0.05) is 6.61 Å². The Morgan fingerprint density at radius 3 is 2.18 bits per heavy atom. The Labute approximate surface area is 73.2 Å². The van der Waals surface area contributed by atoms with Crippen LogP contribution in [0.3, 0.4) is 0 Å². The molecule has 1 unspecified atom stereocenters. The molecule has 68 valence electrons. The van der Waals surface area contributed by atoms with Crippen LogP contribution < -0.4 is 0 Å². The molecule has 11 heavy (non-hydrogen) atoms. The van der Waals surface area contributed by atoms with Crippen LogP contribution >= 0.6 is 11.6 Å². The first-order valence-electron chi connectivity index (χ1n) is 4.17. The van der Waals surface area contributed by atoms with E-state index in [1.165, 1.54) is 0 Å². The van der Waals surface area contributed by atoms with Crippen LogP contribution in [0.1, 0.15) is 32.1 Å². The fraction of sp³-hybridized carbons (Fsp3) is 1.00. The Kier molecular flexibility index (Phi) is 8.47. The molecule has 0 aromatic rings. The van der Waals surface area contributed by atoms with Crippen molar-refractivity contribution in [1.29, 1.82) is 0 Å². The zero-order valence-electron chi connectivity index (χ0n) is 6.80. The largest absolute Gasteiger partial charge is 0.396 e. The summed E-state index contributed by atoms with van der Waals surface area (Å²) in [6, 6.07) is 0. The summed E-state index contributed by atoms with van der Waals surface area (Å²) in [7, 11) is 0. The van der Waals surface area contributed by atoms with Gasteiger partial charge in [-0.15, -0.1) is 11.6 Å². The summed E-state index contributed by atoms with van der Waals surface area (Å²) in [5.41, 5.74) is 0. The van der Waals surface area contributed by atoms with Gasteiger partial charge >= 0.3 is 0 Å². The molecular weight excluding hydrogens is 164 g/mol. The van der Waals surface area contributed by atoms with Crippen molar-refractivity contribution >= 4 is 11.6 Å². The van der Waals surface area contributed by atoms with Crippen LogP contribution in [-0.4, -0.2) is 28.8 Å². The molecular formula is C8H17ClO2. The van der Waals surface area contributed by atoms with Gasteiger partial charge < -0.3 is 10.2 Å². The molecule has 0 radical (unpaired) electrons. The van der Waals surface area contributed by atoms with E-state index in [2.05, 4.69) is 0 Å². The molecule has 0 fully saturated rings. The lowest BCUT2D eigenvalue weighted by Gasteiger charge is -2.03. The molecule has 1 atom stereocenters. The lowest BCUT2D eigenvalue weighted by molar-refractivity contribution is 0.277. The fourth-order valence-corrected chi connectivity index (χ4v) is 1.08. The van der Waals surface area contributed by atoms with Crippen molar-refractivity contribution in [2.24, 2.45) is 0 Å². The Morgan fingerprint density at radius 1 is 1.00 bits per heavy atom. The van der Waals surface area contributed by atoms with E-state index < -0.39 is 0 Å². The van der Waals surface area contributed by atoms with E-state index in [9.17, 15) is 0 Å². The first-order chi connectivity index (χ1) is 5.31. The van der Waals surface area contributed by atoms with E-state index in [0.717, 1.165) is 32.1 Å². The topological polar surface area (TPSA) is 40.5 Å². The second-order valence-electron chi connectivity index (χ2n) is 2.71. The molecule has 0 heterocycles. The van der Waals surface area contributed by atoms with Crippen molar-refractivity contribution in [3.63, 3.8) is 0 Å². The average Bonchev–Trinajstić information content (AvgIpc) is 2.04. The molecule has 0 aromatic carbocycles. The molecule has 0 rings (SSSR count). The van der Waals surface area contributed by atoms with Crippen LogP contribution in [0.5, 0.6) is 0 Å². The summed E-state index contributed by atoms with van der Waals surface area (Å²) >= 11 is 5.68. The number of hydrogen-bond donors (Lipinski definition) is 2. The zero-order valence-corrected chi connectivity index (χ0v) is 7.56. The van der Waals surface area contributed by atoms with Crippen molar-refractivity contribution < 1.29 is 10.2 Å². The third kappa shape index (κ3) is 8.11. The highest BCUT2D eigenvalue weighted by Gasteiger charge is 2.00. The van der Waals surface area contributed by atoms with E-state index in [4.69, 9.17) is 21.8 Å². The number of aliphatic hydroxyl groups is 2. The molecule has 0 amide bonds. The van der Waals surface area contributed by atoms with Crippen LogP contribution in [-0.2, 0) is 0 Å². The molecule has 0 saturated heterocycles. The minimum Gasteiger partial charge on any atom is -0.396 e. The van der Waals surface area contributed by atoms with Gasteiger partial charge in [0.15, 0.2) is 0 Å². The average molecular weight is 181 g/mol. The van der Waals surface area contributed by atoms with Crippen molar-refractivity contribution in [2.45, 2.75) is 37.5 Å². The van der Waals surface area contributed by atoms with Crippen LogP contribution in [0.2, 0.25) is 0 Å². The van der Waals surface area contributed by atoms with Gasteiger partial charge in [0.1, 0.15) is 0 Å². The predicted octanol–water partition coefficient (Wildman–Crippen LogP) is 1.53. The maximum absolute atomic E-state index is 8.57. The molecule has 0 aliphatic rings. The molecule has 2 N–H and O–H groups in total. The maximum atomic E-state index is 8.57. The second kappa shape index (κ2) is 8.31. The first-order valence-corrected chi connectivity index (χ1v) is 4.60. The smallest absolute Gasteiger partial charge is 0.0595 e. The van der Waals surface area contributed by atoms with Gasteiger partial charge in [-0.05, 0) is 12.8 Å². The number of alkyl halides is 1. The van der Waals surface area contributed by atoms with Crippen LogP contribution in [0.25, 0.3) is 0 Å². The summed E-state index contributed by atoms with van der Waals surface area (Å²) in [5.74, 6) is 0. The standard InChI is InChI=1S/C8H17ClO2/c9-8(7-11)5-3-1-2-4-6-10/h8,10-11H,1-7H2. The van der Waals surface area contributed by atoms with Crippen molar-refractivity contribution in [2.75, 3.05) is 13.2 Å². The van der Waals surface area contributed by atoms with Gasteiger partial charge in [0.05, 0.1) is 12.0 Å². The monoisotopic (exact) mass is 180 g/mol. The molecule has 0 aromatic heterocycles. The van der Waals surface area contributed by atoms with E-state index in [-0.39, 0.29) is 18.6 Å². The van der Waals surface area contributed by atoms with Gasteiger partial charge in [0.2, 0.25) is 0 Å². The van der Waals surface area contributed by atoms with Crippen LogP contribution in [0.15, 0.2) is 0 Å². The van der Waals surface area contributed by atoms with Gasteiger partial charge in [-0.1, -0.05) is 19.3 Å². The van der Waals surface area contributed by atoms with E-state index >= 15 is 0 Å². The fourth-order valence-electron chi connectivity index (χ4n) is 0.922.